The molecule has 2 heterocycles. The molecule has 0 aromatic heterocycles. The molecule has 30 heavy (non-hydrogen) atoms. The largest absolute Gasteiger partial charge is 0.494 e. The third kappa shape index (κ3) is 5.16. The van der Waals surface area contributed by atoms with E-state index in [1.807, 2.05) is 13.8 Å². The molecular weight excluding hydrogens is 404 g/mol. The van der Waals surface area contributed by atoms with Gasteiger partial charge in [0.15, 0.2) is 0 Å². The van der Waals surface area contributed by atoms with Crippen LogP contribution in [0, 0.1) is 5.92 Å². The van der Waals surface area contributed by atoms with Crippen LogP contribution in [-0.4, -0.2) is 59.7 Å². The number of amides is 3. The van der Waals surface area contributed by atoms with E-state index >= 15 is 0 Å². The van der Waals surface area contributed by atoms with Crippen LogP contribution in [0.1, 0.15) is 39.2 Å². The standard InChI is InChI=1S/C22H28N2O5S/c1-4-28-17-7-6-16(18(13-17)29-5-2)12-19-21(26)24(22(27)30-19)14-20(25)23-10-8-15(3)9-11-23/h6-7,12-13,15H,4-5,8-11,14H2,1-3H3/b19-12+. The highest BCUT2D eigenvalue weighted by Gasteiger charge is 2.37. The normalized spacial score (nSPS) is 19.0. The van der Waals surface area contributed by atoms with Crippen LogP contribution in [0.5, 0.6) is 11.5 Å². The molecule has 2 aliphatic rings. The van der Waals surface area contributed by atoms with E-state index in [4.69, 9.17) is 9.47 Å². The molecule has 0 unspecified atom stereocenters. The summed E-state index contributed by atoms with van der Waals surface area (Å²) >= 11 is 0.848. The Labute approximate surface area is 181 Å². The Balaban J connectivity index is 1.74. The fraction of sp³-hybridized carbons (Fsp3) is 0.500. The second kappa shape index (κ2) is 10.0. The lowest BCUT2D eigenvalue weighted by atomic mass is 9.99. The van der Waals surface area contributed by atoms with Crippen LogP contribution in [0.2, 0.25) is 0 Å². The summed E-state index contributed by atoms with van der Waals surface area (Å²) in [4.78, 5) is 40.9. The molecule has 162 valence electrons. The van der Waals surface area contributed by atoms with Crippen molar-refractivity contribution in [1.29, 1.82) is 0 Å². The zero-order chi connectivity index (χ0) is 21.7. The molecule has 3 rings (SSSR count). The van der Waals surface area contributed by atoms with Gasteiger partial charge in [-0.1, -0.05) is 6.92 Å². The molecule has 1 aromatic carbocycles. The first-order valence-corrected chi connectivity index (χ1v) is 11.2. The van der Waals surface area contributed by atoms with Gasteiger partial charge in [-0.15, -0.1) is 0 Å². The number of hydrogen-bond acceptors (Lipinski definition) is 6. The van der Waals surface area contributed by atoms with Gasteiger partial charge in [0.1, 0.15) is 18.0 Å². The van der Waals surface area contributed by atoms with Gasteiger partial charge < -0.3 is 14.4 Å². The quantitative estimate of drug-likeness (QED) is 0.611. The van der Waals surface area contributed by atoms with Crippen LogP contribution in [0.25, 0.3) is 6.08 Å². The summed E-state index contributed by atoms with van der Waals surface area (Å²) in [6.07, 6.45) is 3.54. The topological polar surface area (TPSA) is 76.2 Å². The molecule has 0 aliphatic carbocycles. The molecule has 0 atom stereocenters. The minimum atomic E-state index is -0.444. The molecule has 0 bridgehead atoms. The minimum absolute atomic E-state index is 0.179. The Hall–Kier alpha value is -2.48. The van der Waals surface area contributed by atoms with E-state index in [1.54, 1.807) is 29.2 Å². The van der Waals surface area contributed by atoms with Crippen LogP contribution < -0.4 is 9.47 Å². The zero-order valence-electron chi connectivity index (χ0n) is 17.7. The first kappa shape index (κ1) is 22.2. The molecule has 0 spiro atoms. The van der Waals surface area contributed by atoms with Gasteiger partial charge in [-0.3, -0.25) is 19.3 Å². The number of hydrogen-bond donors (Lipinski definition) is 0. The van der Waals surface area contributed by atoms with Gasteiger partial charge in [0, 0.05) is 24.7 Å². The van der Waals surface area contributed by atoms with Crippen LogP contribution >= 0.6 is 11.8 Å². The third-order valence-corrected chi connectivity index (χ3v) is 6.09. The molecule has 3 amide bonds. The Bertz CT molecular complexity index is 846. The van der Waals surface area contributed by atoms with Crippen LogP contribution in [0.15, 0.2) is 23.1 Å². The molecule has 1 aromatic rings. The SMILES string of the molecule is CCOc1ccc(/C=C2/SC(=O)N(CC(=O)N3CCC(C)CC3)C2=O)c(OCC)c1. The van der Waals surface area contributed by atoms with Crippen LogP contribution in [-0.2, 0) is 9.59 Å². The highest BCUT2D eigenvalue weighted by molar-refractivity contribution is 8.18. The highest BCUT2D eigenvalue weighted by Crippen LogP contribution is 2.35. The molecular formula is C22H28N2O5S. The van der Waals surface area contributed by atoms with Gasteiger partial charge in [0.2, 0.25) is 5.91 Å². The van der Waals surface area contributed by atoms with E-state index < -0.39 is 11.1 Å². The number of nitrogens with zero attached hydrogens (tertiary/aromatic N) is 2. The number of imide groups is 1. The van der Waals surface area contributed by atoms with E-state index in [2.05, 4.69) is 6.92 Å². The average molecular weight is 433 g/mol. The Morgan fingerprint density at radius 2 is 1.87 bits per heavy atom. The van der Waals surface area contributed by atoms with Crippen molar-refractivity contribution in [1.82, 2.24) is 9.80 Å². The molecule has 7 nitrogen and oxygen atoms in total. The maximum atomic E-state index is 12.8. The van der Waals surface area contributed by atoms with Crippen molar-refractivity contribution in [2.75, 3.05) is 32.8 Å². The monoisotopic (exact) mass is 432 g/mol. The van der Waals surface area contributed by atoms with Gasteiger partial charge in [-0.25, -0.2) is 0 Å². The van der Waals surface area contributed by atoms with Crippen molar-refractivity contribution in [2.24, 2.45) is 5.92 Å². The average Bonchev–Trinajstić information content (AvgIpc) is 2.98. The highest BCUT2D eigenvalue weighted by atomic mass is 32.2. The second-order valence-electron chi connectivity index (χ2n) is 7.40. The fourth-order valence-corrected chi connectivity index (χ4v) is 4.27. The van der Waals surface area contributed by atoms with E-state index in [-0.39, 0.29) is 17.4 Å². The molecule has 2 fully saturated rings. The fourth-order valence-electron chi connectivity index (χ4n) is 3.44. The number of likely N-dealkylation sites (tertiary alicyclic amines) is 1. The summed E-state index contributed by atoms with van der Waals surface area (Å²) in [5, 5.41) is -0.422. The number of carbonyl (C=O) groups excluding carboxylic acids is 3. The zero-order valence-corrected chi connectivity index (χ0v) is 18.5. The lowest BCUT2D eigenvalue weighted by Gasteiger charge is -2.31. The lowest BCUT2D eigenvalue weighted by Crippen LogP contribution is -2.45. The first-order chi connectivity index (χ1) is 14.4. The molecule has 0 N–H and O–H groups in total. The summed E-state index contributed by atoms with van der Waals surface area (Å²) in [7, 11) is 0. The number of benzene rings is 1. The van der Waals surface area contributed by atoms with Crippen molar-refractivity contribution in [3.8, 4) is 11.5 Å². The van der Waals surface area contributed by atoms with Gasteiger partial charge in [-0.05, 0) is 62.6 Å². The Kier molecular flexibility index (Phi) is 7.42. The molecule has 2 aliphatic heterocycles. The van der Waals surface area contributed by atoms with Crippen molar-refractivity contribution in [3.63, 3.8) is 0 Å². The Morgan fingerprint density at radius 1 is 1.17 bits per heavy atom. The molecule has 0 radical (unpaired) electrons. The predicted octanol–water partition coefficient (Wildman–Crippen LogP) is 3.78. The third-order valence-electron chi connectivity index (χ3n) is 5.19. The minimum Gasteiger partial charge on any atom is -0.494 e. The van der Waals surface area contributed by atoms with Gasteiger partial charge in [0.25, 0.3) is 11.1 Å². The van der Waals surface area contributed by atoms with E-state index in [9.17, 15) is 14.4 Å². The van der Waals surface area contributed by atoms with Gasteiger partial charge in [-0.2, -0.15) is 0 Å². The predicted molar refractivity (Wildman–Crippen MR) is 116 cm³/mol. The van der Waals surface area contributed by atoms with Crippen molar-refractivity contribution >= 4 is 34.9 Å². The van der Waals surface area contributed by atoms with E-state index in [0.717, 1.165) is 29.5 Å². The smallest absolute Gasteiger partial charge is 0.294 e. The summed E-state index contributed by atoms with van der Waals surface area (Å²) in [6, 6.07) is 5.36. The molecule has 2 saturated heterocycles. The number of rotatable bonds is 7. The number of ether oxygens (including phenoxy) is 2. The lowest BCUT2D eigenvalue weighted by molar-refractivity contribution is -0.136. The first-order valence-electron chi connectivity index (χ1n) is 10.4. The van der Waals surface area contributed by atoms with Crippen LogP contribution in [0.3, 0.4) is 0 Å². The maximum absolute atomic E-state index is 12.8. The van der Waals surface area contributed by atoms with Gasteiger partial charge >= 0.3 is 0 Å². The molecule has 0 saturated carbocycles. The van der Waals surface area contributed by atoms with Crippen LogP contribution in [0.4, 0.5) is 4.79 Å². The van der Waals surface area contributed by atoms with Crippen molar-refractivity contribution < 1.29 is 23.9 Å². The number of carbonyl (C=O) groups is 3. The maximum Gasteiger partial charge on any atom is 0.294 e. The summed E-state index contributed by atoms with van der Waals surface area (Å²) in [5.41, 5.74) is 0.683. The summed E-state index contributed by atoms with van der Waals surface area (Å²) in [5.74, 6) is 1.23. The second-order valence-corrected chi connectivity index (χ2v) is 8.39. The van der Waals surface area contributed by atoms with Crippen molar-refractivity contribution in [3.05, 3.63) is 28.7 Å². The van der Waals surface area contributed by atoms with Crippen molar-refractivity contribution in [2.45, 2.75) is 33.6 Å². The number of thioether (sulfide) groups is 1. The number of piperidine rings is 1. The Morgan fingerprint density at radius 3 is 2.53 bits per heavy atom. The van der Waals surface area contributed by atoms with E-state index in [1.165, 1.54) is 0 Å². The van der Waals surface area contributed by atoms with E-state index in [0.29, 0.717) is 49.3 Å². The van der Waals surface area contributed by atoms with Gasteiger partial charge in [0.05, 0.1) is 18.1 Å². The summed E-state index contributed by atoms with van der Waals surface area (Å²) in [6.45, 7) is 8.08. The molecule has 8 heteroatoms. The summed E-state index contributed by atoms with van der Waals surface area (Å²) < 4.78 is 11.2.